The van der Waals surface area contributed by atoms with E-state index in [9.17, 15) is 13.2 Å². The van der Waals surface area contributed by atoms with E-state index in [0.29, 0.717) is 22.8 Å². The lowest BCUT2D eigenvalue weighted by Crippen LogP contribution is -2.45. The molecule has 0 spiro atoms. The molecule has 1 aliphatic heterocycles. The van der Waals surface area contributed by atoms with Crippen molar-refractivity contribution < 1.29 is 22.1 Å². The number of amides is 1. The predicted molar refractivity (Wildman–Crippen MR) is 187 cm³/mol. The van der Waals surface area contributed by atoms with Crippen molar-refractivity contribution in [1.82, 2.24) is 15.3 Å². The molecule has 256 valence electrons. The van der Waals surface area contributed by atoms with Crippen LogP contribution in [-0.4, -0.2) is 48.7 Å². The molecule has 1 N–H and O–H groups in total. The van der Waals surface area contributed by atoms with E-state index < -0.39 is 15.7 Å². The Morgan fingerprint density at radius 3 is 2.09 bits per heavy atom. The highest BCUT2D eigenvalue weighted by atomic mass is 32.2. The summed E-state index contributed by atoms with van der Waals surface area (Å²) in [6.45, 7) is 20.6. The van der Waals surface area contributed by atoms with Gasteiger partial charge in [0.25, 0.3) is 0 Å². The second kappa shape index (κ2) is 13.2. The maximum atomic E-state index is 14.3. The fourth-order valence-corrected chi connectivity index (χ4v) is 8.48. The summed E-state index contributed by atoms with van der Waals surface area (Å²) in [5.74, 6) is 0.739. The molecular formula is C37H52N4O5S. The van der Waals surface area contributed by atoms with Gasteiger partial charge >= 0.3 is 16.2 Å². The highest BCUT2D eigenvalue weighted by molar-refractivity contribution is 7.87. The highest BCUT2D eigenvalue weighted by Gasteiger charge is 2.34. The molecule has 3 aromatic rings. The predicted octanol–water partition coefficient (Wildman–Crippen LogP) is 8.27. The van der Waals surface area contributed by atoms with Gasteiger partial charge in [0, 0.05) is 24.3 Å². The topological polar surface area (TPSA) is 111 Å². The molecule has 1 saturated carbocycles. The normalized spacial score (nSPS) is 18.7. The Balaban J connectivity index is 1.46. The maximum absolute atomic E-state index is 14.3. The SMILES string of the molecule is Cc1nc(OS(=O)(=O)c2c(C(C)C)cc(C(C)C)cc2C(C)C)c2cc3c(cc2n1)CCN3C1CCC(NC(=O)OC(C)(C)C)CC1. The minimum absolute atomic E-state index is 0.0188. The Morgan fingerprint density at radius 1 is 0.915 bits per heavy atom. The summed E-state index contributed by atoms with van der Waals surface area (Å²) in [6, 6.07) is 8.51. The fraction of sp³-hybridized carbons (Fsp3) is 0.595. The van der Waals surface area contributed by atoms with Crippen molar-refractivity contribution in [3.05, 3.63) is 52.3 Å². The lowest BCUT2D eigenvalue weighted by molar-refractivity contribution is 0.0491. The van der Waals surface area contributed by atoms with E-state index in [-0.39, 0.29) is 40.7 Å². The molecule has 1 aromatic heterocycles. The average Bonchev–Trinajstić information content (AvgIpc) is 3.37. The summed E-state index contributed by atoms with van der Waals surface area (Å²) in [7, 11) is -4.24. The number of benzene rings is 2. The molecule has 0 unspecified atom stereocenters. The van der Waals surface area contributed by atoms with Crippen LogP contribution in [0.25, 0.3) is 10.9 Å². The molecule has 0 radical (unpaired) electrons. The summed E-state index contributed by atoms with van der Waals surface area (Å²) in [5.41, 5.74) is 5.05. The minimum Gasteiger partial charge on any atom is -0.444 e. The lowest BCUT2D eigenvalue weighted by Gasteiger charge is -2.36. The van der Waals surface area contributed by atoms with Crippen LogP contribution in [0.5, 0.6) is 5.88 Å². The molecule has 2 aromatic carbocycles. The van der Waals surface area contributed by atoms with Gasteiger partial charge in [-0.15, -0.1) is 0 Å². The van der Waals surface area contributed by atoms with Gasteiger partial charge in [0.15, 0.2) is 0 Å². The molecular weight excluding hydrogens is 612 g/mol. The van der Waals surface area contributed by atoms with Crippen LogP contribution < -0.4 is 14.4 Å². The molecule has 5 rings (SSSR count). The molecule has 0 atom stereocenters. The van der Waals surface area contributed by atoms with Gasteiger partial charge in [0.2, 0.25) is 5.88 Å². The molecule has 0 saturated heterocycles. The molecule has 47 heavy (non-hydrogen) atoms. The quantitative estimate of drug-likeness (QED) is 0.240. The van der Waals surface area contributed by atoms with Crippen LogP contribution in [-0.2, 0) is 21.3 Å². The molecule has 2 aliphatic rings. The average molecular weight is 665 g/mol. The van der Waals surface area contributed by atoms with Gasteiger partial charge in [-0.05, 0) is 112 Å². The molecule has 0 bridgehead atoms. The number of rotatable bonds is 8. The third-order valence-corrected chi connectivity index (χ3v) is 10.6. The van der Waals surface area contributed by atoms with Crippen LogP contribution in [0.3, 0.4) is 0 Å². The number of ether oxygens (including phenoxy) is 1. The van der Waals surface area contributed by atoms with Crippen LogP contribution in [0, 0.1) is 6.92 Å². The Morgan fingerprint density at radius 2 is 1.53 bits per heavy atom. The lowest BCUT2D eigenvalue weighted by atomic mass is 9.89. The van der Waals surface area contributed by atoms with E-state index in [1.165, 1.54) is 5.56 Å². The smallest absolute Gasteiger partial charge is 0.407 e. The Hall–Kier alpha value is -3.40. The van der Waals surface area contributed by atoms with Crippen molar-refractivity contribution >= 4 is 32.8 Å². The molecule has 9 nitrogen and oxygen atoms in total. The zero-order valence-corrected chi connectivity index (χ0v) is 30.5. The zero-order chi connectivity index (χ0) is 34.4. The number of aryl methyl sites for hydroxylation is 1. The van der Waals surface area contributed by atoms with Gasteiger partial charge in [-0.2, -0.15) is 13.4 Å². The standard InChI is InChI=1S/C37H52N4O5S/c1-21(2)26-17-29(22(3)4)34(30(18-26)23(5)6)47(43,44)46-35-31-20-33-25(19-32(31)38-24(7)39-35)15-16-41(33)28-13-11-27(12-14-28)40-36(42)45-37(8,9)10/h17-23,27-28H,11-16H2,1-10H3,(H,40,42). The third-order valence-electron chi connectivity index (χ3n) is 9.28. The third kappa shape index (κ3) is 7.68. The number of hydrogen-bond acceptors (Lipinski definition) is 8. The molecule has 1 aliphatic carbocycles. The van der Waals surface area contributed by atoms with Crippen LogP contribution >= 0.6 is 0 Å². The van der Waals surface area contributed by atoms with Gasteiger partial charge in [-0.25, -0.2) is 9.78 Å². The Kier molecular flexibility index (Phi) is 9.84. The van der Waals surface area contributed by atoms with Crippen LogP contribution in [0.2, 0.25) is 0 Å². The number of hydrogen-bond donors (Lipinski definition) is 1. The van der Waals surface area contributed by atoms with Gasteiger partial charge in [0.05, 0.1) is 10.9 Å². The highest BCUT2D eigenvalue weighted by Crippen LogP contribution is 2.41. The summed E-state index contributed by atoms with van der Waals surface area (Å²) >= 11 is 0. The largest absolute Gasteiger partial charge is 0.444 e. The summed E-state index contributed by atoms with van der Waals surface area (Å²) < 4.78 is 40.1. The van der Waals surface area contributed by atoms with Gasteiger partial charge in [0.1, 0.15) is 16.3 Å². The van der Waals surface area contributed by atoms with E-state index in [0.717, 1.165) is 61.0 Å². The van der Waals surface area contributed by atoms with Crippen LogP contribution in [0.4, 0.5) is 10.5 Å². The van der Waals surface area contributed by atoms with E-state index in [1.807, 2.05) is 66.7 Å². The van der Waals surface area contributed by atoms with Crippen molar-refractivity contribution in [1.29, 1.82) is 0 Å². The second-order valence-corrected chi connectivity index (χ2v) is 16.7. The molecule has 1 fully saturated rings. The van der Waals surface area contributed by atoms with Crippen molar-refractivity contribution in [3.63, 3.8) is 0 Å². The van der Waals surface area contributed by atoms with E-state index in [2.05, 4.69) is 40.1 Å². The molecule has 10 heteroatoms. The van der Waals surface area contributed by atoms with Crippen molar-refractivity contribution in [2.45, 2.75) is 142 Å². The number of carbonyl (C=O) groups is 1. The monoisotopic (exact) mass is 664 g/mol. The second-order valence-electron chi connectivity index (χ2n) is 15.2. The Labute approximate surface area is 281 Å². The van der Waals surface area contributed by atoms with Gasteiger partial charge < -0.3 is 19.1 Å². The summed E-state index contributed by atoms with van der Waals surface area (Å²) in [4.78, 5) is 24.2. The van der Waals surface area contributed by atoms with Gasteiger partial charge in [-0.1, -0.05) is 53.7 Å². The number of alkyl carbamates (subject to hydrolysis) is 1. The van der Waals surface area contributed by atoms with E-state index in [4.69, 9.17) is 8.92 Å². The van der Waals surface area contributed by atoms with Crippen molar-refractivity contribution in [2.75, 3.05) is 11.4 Å². The number of nitrogens with one attached hydrogen (secondary N) is 1. The first-order chi connectivity index (χ1) is 21.9. The van der Waals surface area contributed by atoms with Gasteiger partial charge in [-0.3, -0.25) is 0 Å². The maximum Gasteiger partial charge on any atom is 0.407 e. The van der Waals surface area contributed by atoms with E-state index >= 15 is 0 Å². The van der Waals surface area contributed by atoms with Crippen LogP contribution in [0.15, 0.2) is 29.2 Å². The first kappa shape index (κ1) is 34.9. The number of carbonyl (C=O) groups excluding carboxylic acids is 1. The van der Waals surface area contributed by atoms with E-state index in [1.54, 1.807) is 6.92 Å². The number of aromatic nitrogens is 2. The minimum atomic E-state index is -4.24. The molecule has 1 amide bonds. The van der Waals surface area contributed by atoms with Crippen LogP contribution in [0.1, 0.15) is 134 Å². The Bertz CT molecular complexity index is 1720. The number of nitrogens with zero attached hydrogens (tertiary/aromatic N) is 3. The van der Waals surface area contributed by atoms with Crippen molar-refractivity contribution in [3.8, 4) is 5.88 Å². The number of fused-ring (bicyclic) bond motifs is 2. The summed E-state index contributed by atoms with van der Waals surface area (Å²) in [6.07, 6.45) is 4.11. The first-order valence-electron chi connectivity index (χ1n) is 17.1. The fourth-order valence-electron chi connectivity index (χ4n) is 6.89. The molecule has 2 heterocycles. The first-order valence-corrected chi connectivity index (χ1v) is 18.5. The van der Waals surface area contributed by atoms with Crippen molar-refractivity contribution in [2.24, 2.45) is 0 Å². The number of anilines is 1. The summed E-state index contributed by atoms with van der Waals surface area (Å²) in [5, 5.41) is 3.62. The zero-order valence-electron chi connectivity index (χ0n) is 29.7.